The summed E-state index contributed by atoms with van der Waals surface area (Å²) in [5, 5.41) is 6.18. The third-order valence-corrected chi connectivity index (χ3v) is 7.07. The number of pyridine rings is 1. The van der Waals surface area contributed by atoms with E-state index in [0.29, 0.717) is 17.8 Å². The second-order valence-electron chi connectivity index (χ2n) is 10.6. The Balaban J connectivity index is 1.37. The zero-order valence-corrected chi connectivity index (χ0v) is 24.6. The minimum absolute atomic E-state index is 0.0187. The van der Waals surface area contributed by atoms with E-state index in [9.17, 15) is 18.8 Å². The van der Waals surface area contributed by atoms with Crippen LogP contribution in [0.25, 0.3) is 5.69 Å². The number of nitrogens with two attached hydrogens (primary N) is 1. The van der Waals surface area contributed by atoms with Crippen LogP contribution < -0.4 is 27.0 Å². The number of anilines is 2. The van der Waals surface area contributed by atoms with Crippen molar-refractivity contribution in [1.82, 2.24) is 24.2 Å². The highest BCUT2D eigenvalue weighted by atomic mass is 19.1. The second-order valence-corrected chi connectivity index (χ2v) is 10.6. The summed E-state index contributed by atoms with van der Waals surface area (Å²) in [6.07, 6.45) is 1.41. The van der Waals surface area contributed by atoms with Crippen LogP contribution in [0.5, 0.6) is 11.5 Å². The molecule has 12 nitrogen and oxygen atoms in total. The van der Waals surface area contributed by atoms with Crippen molar-refractivity contribution in [3.8, 4) is 29.0 Å². The molecule has 1 aliphatic rings. The van der Waals surface area contributed by atoms with Crippen LogP contribution in [0.4, 0.5) is 20.3 Å². The topological polar surface area (TPSA) is 147 Å². The van der Waals surface area contributed by atoms with E-state index < -0.39 is 40.0 Å². The first kappa shape index (κ1) is 31.0. The molecule has 0 aliphatic carbocycles. The number of nitrogens with one attached hydrogen (secondary N) is 1. The third kappa shape index (κ3) is 6.74. The number of benzene rings is 2. The maximum atomic E-state index is 15.2. The van der Waals surface area contributed by atoms with Gasteiger partial charge in [-0.15, -0.1) is 0 Å². The first-order valence-corrected chi connectivity index (χ1v) is 13.8. The molecule has 0 unspecified atom stereocenters. The first-order valence-electron chi connectivity index (χ1n) is 13.8. The summed E-state index contributed by atoms with van der Waals surface area (Å²) in [6.45, 7) is 6.64. The van der Waals surface area contributed by atoms with E-state index in [1.165, 1.54) is 43.6 Å². The number of nitrogen functional groups attached to an aromatic ring is 1. The van der Waals surface area contributed by atoms with Crippen molar-refractivity contribution in [3.05, 3.63) is 98.5 Å². The molecule has 1 amide bonds. The molecule has 5 rings (SSSR count). The maximum absolute atomic E-state index is 15.2. The van der Waals surface area contributed by atoms with Gasteiger partial charge in [-0.25, -0.2) is 27.8 Å². The molecule has 0 atom stereocenters. The van der Waals surface area contributed by atoms with Crippen LogP contribution in [0.1, 0.15) is 29.9 Å². The highest BCUT2D eigenvalue weighted by Crippen LogP contribution is 2.31. The Bertz CT molecular complexity index is 1940. The summed E-state index contributed by atoms with van der Waals surface area (Å²) in [7, 11) is 1.25. The lowest BCUT2D eigenvalue weighted by atomic mass is 10.0. The van der Waals surface area contributed by atoms with Crippen molar-refractivity contribution in [2.24, 2.45) is 7.05 Å². The number of halogens is 2. The normalized spacial score (nSPS) is 13.5. The van der Waals surface area contributed by atoms with Gasteiger partial charge in [0.15, 0.2) is 11.6 Å². The Kier molecular flexibility index (Phi) is 8.75. The summed E-state index contributed by atoms with van der Waals surface area (Å²) in [4.78, 5) is 44.9. The van der Waals surface area contributed by atoms with Crippen molar-refractivity contribution < 1.29 is 23.0 Å². The first-order chi connectivity index (χ1) is 21.4. The Labute approximate surface area is 256 Å². The second kappa shape index (κ2) is 12.7. The lowest BCUT2D eigenvalue weighted by molar-refractivity contribution is 0.00739. The molecule has 3 heterocycles. The number of nitrogens with zero attached hydrogens (tertiary/aromatic N) is 5. The van der Waals surface area contributed by atoms with Crippen LogP contribution in [-0.2, 0) is 11.8 Å². The molecule has 2 aromatic carbocycles. The summed E-state index contributed by atoms with van der Waals surface area (Å²) in [5.41, 5.74) is 3.38. The monoisotopic (exact) mass is 617 g/mol. The molecule has 0 saturated carbocycles. The van der Waals surface area contributed by atoms with Gasteiger partial charge in [-0.05, 0) is 50.2 Å². The standard InChI is InChI=1S/C31H29F2N7O5/c1-31(2,39-14-16-44-17-15-39)12-10-22-24(11-13-35-27(22)34)45-25-9-6-20(18-23(25)33)36-28(41)26-29(42)40(30(43)38(3)37-26)21-7-4-19(32)5-8-21/h4-9,11,13,18H,14-17H2,1-3H3,(H2,34,35)(H,36,41). The number of ether oxygens (including phenoxy) is 2. The Morgan fingerprint density at radius 2 is 1.78 bits per heavy atom. The van der Waals surface area contributed by atoms with E-state index in [1.54, 1.807) is 0 Å². The van der Waals surface area contributed by atoms with Crippen molar-refractivity contribution in [1.29, 1.82) is 0 Å². The van der Waals surface area contributed by atoms with Crippen LogP contribution >= 0.6 is 0 Å². The van der Waals surface area contributed by atoms with Crippen molar-refractivity contribution in [2.45, 2.75) is 19.4 Å². The zero-order valence-electron chi connectivity index (χ0n) is 24.6. The minimum atomic E-state index is -1.04. The van der Waals surface area contributed by atoms with E-state index >= 15 is 4.39 Å². The fourth-order valence-electron chi connectivity index (χ4n) is 4.59. The van der Waals surface area contributed by atoms with Crippen LogP contribution in [0, 0.1) is 23.5 Å². The zero-order chi connectivity index (χ0) is 32.3. The smallest absolute Gasteiger partial charge is 0.351 e. The van der Waals surface area contributed by atoms with Gasteiger partial charge in [0.1, 0.15) is 22.9 Å². The Morgan fingerprint density at radius 3 is 2.47 bits per heavy atom. The molecular formula is C31H29F2N7O5. The van der Waals surface area contributed by atoms with Gasteiger partial charge >= 0.3 is 5.69 Å². The summed E-state index contributed by atoms with van der Waals surface area (Å²) < 4.78 is 41.3. The Hall–Kier alpha value is -5.39. The summed E-state index contributed by atoms with van der Waals surface area (Å²) in [6, 6.07) is 9.69. The molecule has 1 aliphatic heterocycles. The number of carbonyl (C=O) groups excluding carboxylic acids is 1. The molecule has 2 aromatic heterocycles. The molecule has 4 aromatic rings. The predicted octanol–water partition coefficient (Wildman–Crippen LogP) is 2.69. The van der Waals surface area contributed by atoms with E-state index in [4.69, 9.17) is 15.2 Å². The van der Waals surface area contributed by atoms with Gasteiger partial charge in [-0.2, -0.15) is 5.10 Å². The molecule has 1 fully saturated rings. The average molecular weight is 618 g/mol. The van der Waals surface area contributed by atoms with Gasteiger partial charge in [0, 0.05) is 44.2 Å². The molecular weight excluding hydrogens is 588 g/mol. The van der Waals surface area contributed by atoms with E-state index in [2.05, 4.69) is 32.1 Å². The van der Waals surface area contributed by atoms with Gasteiger partial charge < -0.3 is 20.5 Å². The number of aryl methyl sites for hydroxylation is 1. The molecule has 0 spiro atoms. The van der Waals surface area contributed by atoms with E-state index in [1.807, 2.05) is 13.8 Å². The SMILES string of the molecule is Cn1nc(C(=O)Nc2ccc(Oc3ccnc(N)c3C#CC(C)(C)N3CCOCC3)c(F)c2)c(=O)n(-c2ccc(F)cc2)c1=O. The summed E-state index contributed by atoms with van der Waals surface area (Å²) in [5.74, 6) is 3.94. The number of hydrogen-bond acceptors (Lipinski definition) is 9. The number of carbonyl (C=O) groups is 1. The molecule has 0 radical (unpaired) electrons. The number of amides is 1. The highest BCUT2D eigenvalue weighted by molar-refractivity contribution is 6.02. The summed E-state index contributed by atoms with van der Waals surface area (Å²) >= 11 is 0. The largest absolute Gasteiger partial charge is 0.453 e. The quantitative estimate of drug-likeness (QED) is 0.312. The van der Waals surface area contributed by atoms with E-state index in [0.717, 1.165) is 36.0 Å². The van der Waals surface area contributed by atoms with Crippen molar-refractivity contribution >= 4 is 17.4 Å². The van der Waals surface area contributed by atoms with Crippen LogP contribution in [0.15, 0.2) is 64.3 Å². The van der Waals surface area contributed by atoms with Gasteiger partial charge in [0.2, 0.25) is 5.69 Å². The van der Waals surface area contributed by atoms with Gasteiger partial charge in [-0.1, -0.05) is 11.8 Å². The minimum Gasteiger partial charge on any atom is -0.453 e. The van der Waals surface area contributed by atoms with Crippen molar-refractivity contribution in [2.75, 3.05) is 37.4 Å². The van der Waals surface area contributed by atoms with Gasteiger partial charge in [-0.3, -0.25) is 14.5 Å². The molecule has 14 heteroatoms. The maximum Gasteiger partial charge on any atom is 0.351 e. The fourth-order valence-corrected chi connectivity index (χ4v) is 4.59. The van der Waals surface area contributed by atoms with E-state index in [-0.39, 0.29) is 34.3 Å². The predicted molar refractivity (Wildman–Crippen MR) is 161 cm³/mol. The molecule has 3 N–H and O–H groups in total. The number of morpholine rings is 1. The number of rotatable bonds is 6. The fraction of sp³-hybridized carbons (Fsp3) is 0.258. The van der Waals surface area contributed by atoms with Crippen LogP contribution in [0.2, 0.25) is 0 Å². The van der Waals surface area contributed by atoms with Crippen LogP contribution in [-0.4, -0.2) is 62.0 Å². The average Bonchev–Trinajstić information content (AvgIpc) is 3.01. The lowest BCUT2D eigenvalue weighted by Gasteiger charge is -2.37. The molecule has 1 saturated heterocycles. The number of hydrogen-bond donors (Lipinski definition) is 2. The molecule has 0 bridgehead atoms. The number of aromatic nitrogens is 4. The molecule has 232 valence electrons. The van der Waals surface area contributed by atoms with Crippen molar-refractivity contribution in [3.63, 3.8) is 0 Å². The van der Waals surface area contributed by atoms with Crippen LogP contribution in [0.3, 0.4) is 0 Å². The highest BCUT2D eigenvalue weighted by Gasteiger charge is 2.26. The Morgan fingerprint density at radius 1 is 1.07 bits per heavy atom. The lowest BCUT2D eigenvalue weighted by Crippen LogP contribution is -2.49. The van der Waals surface area contributed by atoms with Gasteiger partial charge in [0.25, 0.3) is 11.5 Å². The van der Waals surface area contributed by atoms with Gasteiger partial charge in [0.05, 0.1) is 24.4 Å². The molecule has 45 heavy (non-hydrogen) atoms. The third-order valence-electron chi connectivity index (χ3n) is 7.07.